The summed E-state index contributed by atoms with van der Waals surface area (Å²) in [6.45, 7) is 20.3. The lowest BCUT2D eigenvalue weighted by Crippen LogP contribution is -2.51. The van der Waals surface area contributed by atoms with E-state index in [9.17, 15) is 0 Å². The van der Waals surface area contributed by atoms with Gasteiger partial charge in [0.05, 0.1) is 11.2 Å². The van der Waals surface area contributed by atoms with Crippen molar-refractivity contribution in [3.8, 4) is 0 Å². The minimum absolute atomic E-state index is 0.401. The molecule has 0 spiro atoms. The van der Waals surface area contributed by atoms with Crippen LogP contribution in [-0.2, 0) is 19.7 Å². The van der Waals surface area contributed by atoms with Crippen molar-refractivity contribution in [2.45, 2.75) is 72.6 Å². The first-order chi connectivity index (χ1) is 14.3. The summed E-state index contributed by atoms with van der Waals surface area (Å²) in [7, 11) is -3.07. The summed E-state index contributed by atoms with van der Waals surface area (Å²) in [5.74, 6) is 0.755. The maximum absolute atomic E-state index is 6.73. The number of benzene rings is 2. The van der Waals surface area contributed by atoms with Crippen molar-refractivity contribution in [2.75, 3.05) is 0 Å². The maximum atomic E-state index is 6.73. The molecule has 0 aromatic heterocycles. The molecule has 0 atom stereocenters. The average Bonchev–Trinajstić information content (AvgIpc) is 2.58. The van der Waals surface area contributed by atoms with Gasteiger partial charge in [-0.15, -0.1) is 0 Å². The molecule has 0 saturated carbocycles. The monoisotopic (exact) mass is 438 g/mol. The molecule has 0 unspecified atom stereocenters. The van der Waals surface area contributed by atoms with Gasteiger partial charge in [0.2, 0.25) is 0 Å². The van der Waals surface area contributed by atoms with Gasteiger partial charge in [0.25, 0.3) is 0 Å². The van der Waals surface area contributed by atoms with Gasteiger partial charge in [-0.3, -0.25) is 0 Å². The van der Waals surface area contributed by atoms with Gasteiger partial charge >= 0.3 is 8.80 Å². The molecule has 0 N–H and O–H groups in total. The molecule has 0 fully saturated rings. The Hall–Kier alpha value is -2.14. The van der Waals surface area contributed by atoms with Crippen LogP contribution in [0.4, 0.5) is 0 Å². The van der Waals surface area contributed by atoms with Gasteiger partial charge in [0, 0.05) is 12.1 Å². The van der Waals surface area contributed by atoms with Crippen LogP contribution < -0.4 is 0 Å². The summed E-state index contributed by atoms with van der Waals surface area (Å²) in [6.07, 6.45) is 2.85. The van der Waals surface area contributed by atoms with Crippen molar-refractivity contribution in [1.82, 2.24) is 0 Å². The van der Waals surface area contributed by atoms with E-state index in [1.54, 1.807) is 0 Å². The van der Waals surface area contributed by atoms with Crippen LogP contribution in [0.1, 0.15) is 65.2 Å². The fourth-order valence-electron chi connectivity index (χ4n) is 3.48. The van der Waals surface area contributed by atoms with E-state index in [2.05, 4.69) is 43.0 Å². The quantitative estimate of drug-likeness (QED) is 0.185. The first-order valence-corrected chi connectivity index (χ1v) is 13.1. The molecular formula is C27H38O3Si. The maximum Gasteiger partial charge on any atom is 0.563 e. The largest absolute Gasteiger partial charge is 0.563 e. The third-order valence-corrected chi connectivity index (χ3v) is 6.71. The molecule has 0 amide bonds. The number of hydrogen-bond acceptors (Lipinski definition) is 3. The lowest BCUT2D eigenvalue weighted by molar-refractivity contribution is -0.0221. The molecular weight excluding hydrogens is 400 g/mol. The van der Waals surface area contributed by atoms with Gasteiger partial charge in [-0.1, -0.05) is 66.7 Å². The van der Waals surface area contributed by atoms with Gasteiger partial charge in [0.1, 0.15) is 5.76 Å². The average molecular weight is 439 g/mol. The predicted molar refractivity (Wildman–Crippen MR) is 134 cm³/mol. The molecule has 2 aromatic rings. The van der Waals surface area contributed by atoms with Crippen molar-refractivity contribution in [3.63, 3.8) is 0 Å². The van der Waals surface area contributed by atoms with Crippen LogP contribution in [0, 0.1) is 0 Å². The molecule has 0 aliphatic rings. The van der Waals surface area contributed by atoms with Crippen LogP contribution in [0.25, 0.3) is 11.8 Å². The van der Waals surface area contributed by atoms with Crippen LogP contribution in [0.2, 0.25) is 6.55 Å². The van der Waals surface area contributed by atoms with E-state index >= 15 is 0 Å². The minimum atomic E-state index is -3.07. The van der Waals surface area contributed by atoms with Crippen LogP contribution >= 0.6 is 0 Å². The standard InChI is InChI=1S/C27H38O3Si/c1-21(2)19-23-17-13-14-18-24(23)25(20-22-15-11-10-12-16-22)28-31(9,29-26(3,4)5)30-27(6,7)8/h10-18,20H,1,19H2,2-9H3/b25-20-. The summed E-state index contributed by atoms with van der Waals surface area (Å²) in [4.78, 5) is 0. The molecule has 2 aromatic carbocycles. The summed E-state index contributed by atoms with van der Waals surface area (Å²) < 4.78 is 19.6. The van der Waals surface area contributed by atoms with E-state index in [1.807, 2.05) is 79.3 Å². The number of hydrogen-bond donors (Lipinski definition) is 0. The Kier molecular flexibility index (Phi) is 8.09. The minimum Gasteiger partial charge on any atom is -0.500 e. The van der Waals surface area contributed by atoms with Gasteiger partial charge in [0.15, 0.2) is 0 Å². The van der Waals surface area contributed by atoms with E-state index in [0.29, 0.717) is 0 Å². The fraction of sp³-hybridized carbons (Fsp3) is 0.407. The highest BCUT2D eigenvalue weighted by Gasteiger charge is 2.45. The van der Waals surface area contributed by atoms with E-state index in [-0.39, 0.29) is 0 Å². The highest BCUT2D eigenvalue weighted by Crippen LogP contribution is 2.32. The zero-order valence-electron chi connectivity index (χ0n) is 20.4. The van der Waals surface area contributed by atoms with Crippen molar-refractivity contribution >= 4 is 20.6 Å². The number of rotatable bonds is 8. The Morgan fingerprint density at radius 3 is 1.90 bits per heavy atom. The molecule has 0 aliphatic carbocycles. The Bertz CT molecular complexity index is 886. The zero-order valence-corrected chi connectivity index (χ0v) is 21.4. The molecule has 0 radical (unpaired) electrons. The normalized spacial score (nSPS) is 13.2. The zero-order chi connectivity index (χ0) is 23.3. The summed E-state index contributed by atoms with van der Waals surface area (Å²) in [6, 6.07) is 18.5. The van der Waals surface area contributed by atoms with Gasteiger partial charge in [-0.05, 0) is 72.1 Å². The van der Waals surface area contributed by atoms with Crippen molar-refractivity contribution in [2.24, 2.45) is 0 Å². The lowest BCUT2D eigenvalue weighted by Gasteiger charge is -2.38. The Balaban J connectivity index is 2.60. The summed E-state index contributed by atoms with van der Waals surface area (Å²) in [5.41, 5.74) is 3.56. The third kappa shape index (κ3) is 8.86. The van der Waals surface area contributed by atoms with Gasteiger partial charge < -0.3 is 13.3 Å². The van der Waals surface area contributed by atoms with Crippen molar-refractivity contribution in [1.29, 1.82) is 0 Å². The molecule has 0 aliphatic heterocycles. The first kappa shape index (κ1) is 25.1. The lowest BCUT2D eigenvalue weighted by atomic mass is 9.99. The molecule has 0 saturated heterocycles. The molecule has 3 nitrogen and oxygen atoms in total. The predicted octanol–water partition coefficient (Wildman–Crippen LogP) is 7.52. The fourth-order valence-corrected chi connectivity index (χ4v) is 6.40. The van der Waals surface area contributed by atoms with Crippen LogP contribution in [0.3, 0.4) is 0 Å². The molecule has 0 bridgehead atoms. The van der Waals surface area contributed by atoms with Crippen LogP contribution in [-0.4, -0.2) is 20.0 Å². The summed E-state index contributed by atoms with van der Waals surface area (Å²) >= 11 is 0. The summed E-state index contributed by atoms with van der Waals surface area (Å²) in [5, 5.41) is 0. The molecule has 0 heterocycles. The molecule has 168 valence electrons. The molecule has 4 heteroatoms. The Labute approximate surface area is 190 Å². The highest BCUT2D eigenvalue weighted by atomic mass is 28.4. The van der Waals surface area contributed by atoms with E-state index in [4.69, 9.17) is 13.3 Å². The second-order valence-corrected chi connectivity index (χ2v) is 12.4. The molecule has 31 heavy (non-hydrogen) atoms. The highest BCUT2D eigenvalue weighted by molar-refractivity contribution is 6.60. The number of allylic oxidation sites excluding steroid dienone is 1. The SMILES string of the molecule is C=C(C)Cc1ccccc1/C(=C/c1ccccc1)O[Si](C)(OC(C)(C)C)OC(C)(C)C. The smallest absolute Gasteiger partial charge is 0.500 e. The second kappa shape index (κ2) is 9.99. The van der Waals surface area contributed by atoms with Gasteiger partial charge in [-0.2, -0.15) is 0 Å². The topological polar surface area (TPSA) is 27.7 Å². The Morgan fingerprint density at radius 1 is 0.871 bits per heavy atom. The molecule has 2 rings (SSSR count). The first-order valence-electron chi connectivity index (χ1n) is 10.9. The van der Waals surface area contributed by atoms with Crippen LogP contribution in [0.15, 0.2) is 66.7 Å². The van der Waals surface area contributed by atoms with E-state index < -0.39 is 20.0 Å². The van der Waals surface area contributed by atoms with E-state index in [0.717, 1.165) is 28.9 Å². The van der Waals surface area contributed by atoms with Gasteiger partial charge in [-0.25, -0.2) is 0 Å². The van der Waals surface area contributed by atoms with Crippen molar-refractivity contribution in [3.05, 3.63) is 83.4 Å². The second-order valence-electron chi connectivity index (χ2n) is 10.1. The Morgan fingerprint density at radius 2 is 1.39 bits per heavy atom. The van der Waals surface area contributed by atoms with Crippen LogP contribution in [0.5, 0.6) is 0 Å². The van der Waals surface area contributed by atoms with E-state index in [1.165, 1.54) is 5.56 Å². The third-order valence-electron chi connectivity index (χ3n) is 4.15. The van der Waals surface area contributed by atoms with Crippen molar-refractivity contribution < 1.29 is 13.3 Å².